The van der Waals surface area contributed by atoms with Gasteiger partial charge in [-0.05, 0) is 37.3 Å². The highest BCUT2D eigenvalue weighted by molar-refractivity contribution is 5.37. The fourth-order valence-corrected chi connectivity index (χ4v) is 2.33. The Morgan fingerprint density at radius 1 is 1.12 bits per heavy atom. The van der Waals surface area contributed by atoms with E-state index in [1.54, 1.807) is 19.6 Å². The van der Waals surface area contributed by atoms with Crippen molar-refractivity contribution in [2.75, 3.05) is 7.11 Å². The summed E-state index contributed by atoms with van der Waals surface area (Å²) in [5.74, 6) is 2.90. The van der Waals surface area contributed by atoms with E-state index in [1.807, 2.05) is 48.5 Å². The van der Waals surface area contributed by atoms with Gasteiger partial charge in [-0.3, -0.25) is 0 Å². The summed E-state index contributed by atoms with van der Waals surface area (Å²) in [5.41, 5.74) is 0.971. The highest BCUT2D eigenvalue weighted by Gasteiger charge is 2.11. The van der Waals surface area contributed by atoms with Crippen LogP contribution in [0.25, 0.3) is 0 Å². The summed E-state index contributed by atoms with van der Waals surface area (Å²) in [4.78, 5) is 4.34. The van der Waals surface area contributed by atoms with E-state index < -0.39 is 0 Å². The van der Waals surface area contributed by atoms with Crippen LogP contribution < -0.4 is 14.8 Å². The molecule has 0 radical (unpaired) electrons. The highest BCUT2D eigenvalue weighted by atomic mass is 16.5. The predicted molar refractivity (Wildman–Crippen MR) is 91.3 cm³/mol. The van der Waals surface area contributed by atoms with Gasteiger partial charge in [-0.2, -0.15) is 0 Å². The molecule has 0 unspecified atom stereocenters. The number of methoxy groups -OCH3 is 1. The van der Waals surface area contributed by atoms with E-state index in [2.05, 4.69) is 17.2 Å². The second-order valence-corrected chi connectivity index (χ2v) is 5.37. The van der Waals surface area contributed by atoms with E-state index in [0.717, 1.165) is 17.1 Å². The summed E-state index contributed by atoms with van der Waals surface area (Å²) in [5, 5.41) is 3.41. The lowest BCUT2D eigenvalue weighted by Gasteiger charge is -2.14. The van der Waals surface area contributed by atoms with Crippen LogP contribution in [0, 0.1) is 0 Å². The molecule has 0 aliphatic heterocycles. The Labute approximate surface area is 141 Å². The second-order valence-electron chi connectivity index (χ2n) is 5.37. The van der Waals surface area contributed by atoms with Crippen molar-refractivity contribution in [3.05, 3.63) is 72.3 Å². The normalized spacial score (nSPS) is 11.9. The van der Waals surface area contributed by atoms with Gasteiger partial charge in [0.2, 0.25) is 5.88 Å². The van der Waals surface area contributed by atoms with Gasteiger partial charge in [0.05, 0.1) is 19.4 Å². The minimum Gasteiger partial charge on any atom is -0.497 e. The fraction of sp³-hybridized carbons (Fsp3) is 0.211. The quantitative estimate of drug-likeness (QED) is 0.701. The number of benzene rings is 1. The van der Waals surface area contributed by atoms with Crippen molar-refractivity contribution in [1.29, 1.82) is 0 Å². The number of nitrogens with zero attached hydrogens (tertiary/aromatic N) is 1. The molecule has 3 aromatic rings. The zero-order valence-corrected chi connectivity index (χ0v) is 13.7. The lowest BCUT2D eigenvalue weighted by Crippen LogP contribution is -2.18. The van der Waals surface area contributed by atoms with E-state index in [-0.39, 0.29) is 6.04 Å². The van der Waals surface area contributed by atoms with Crippen LogP contribution in [0.3, 0.4) is 0 Å². The molecule has 2 aromatic heterocycles. The molecule has 1 atom stereocenters. The molecule has 0 fully saturated rings. The summed E-state index contributed by atoms with van der Waals surface area (Å²) in [7, 11) is 1.63. The van der Waals surface area contributed by atoms with Gasteiger partial charge in [0.25, 0.3) is 0 Å². The Bertz CT molecular complexity index is 772. The topological polar surface area (TPSA) is 56.5 Å². The Morgan fingerprint density at radius 2 is 2.00 bits per heavy atom. The molecule has 0 saturated carbocycles. The summed E-state index contributed by atoms with van der Waals surface area (Å²) in [6, 6.07) is 15.3. The van der Waals surface area contributed by atoms with Crippen LogP contribution in [0.1, 0.15) is 24.3 Å². The first-order chi connectivity index (χ1) is 11.8. The van der Waals surface area contributed by atoms with Crippen molar-refractivity contribution in [1.82, 2.24) is 10.3 Å². The molecule has 0 spiro atoms. The molecule has 0 amide bonds. The van der Waals surface area contributed by atoms with Crippen LogP contribution in [-0.2, 0) is 6.54 Å². The molecule has 1 aromatic carbocycles. The molecule has 5 heteroatoms. The van der Waals surface area contributed by atoms with E-state index >= 15 is 0 Å². The zero-order chi connectivity index (χ0) is 16.8. The first-order valence-corrected chi connectivity index (χ1v) is 7.79. The van der Waals surface area contributed by atoms with E-state index in [1.165, 1.54) is 0 Å². The van der Waals surface area contributed by atoms with Crippen LogP contribution >= 0.6 is 0 Å². The average Bonchev–Trinajstić information content (AvgIpc) is 3.16. The molecule has 0 bridgehead atoms. The van der Waals surface area contributed by atoms with Crippen LogP contribution in [0.4, 0.5) is 0 Å². The molecular formula is C19H20N2O3. The molecular weight excluding hydrogens is 304 g/mol. The van der Waals surface area contributed by atoms with Crippen molar-refractivity contribution >= 4 is 0 Å². The molecule has 5 nitrogen and oxygen atoms in total. The van der Waals surface area contributed by atoms with E-state index in [0.29, 0.717) is 18.2 Å². The minimum absolute atomic E-state index is 0.102. The molecule has 3 rings (SSSR count). The molecule has 0 aliphatic rings. The number of hydrogen-bond acceptors (Lipinski definition) is 5. The van der Waals surface area contributed by atoms with Gasteiger partial charge in [-0.15, -0.1) is 0 Å². The smallest absolute Gasteiger partial charge is 0.223 e. The molecule has 0 saturated heterocycles. The van der Waals surface area contributed by atoms with Gasteiger partial charge in [0.1, 0.15) is 17.3 Å². The Balaban J connectivity index is 1.70. The average molecular weight is 324 g/mol. The summed E-state index contributed by atoms with van der Waals surface area (Å²) >= 11 is 0. The fourth-order valence-electron chi connectivity index (χ4n) is 2.33. The number of furan rings is 1. The van der Waals surface area contributed by atoms with Gasteiger partial charge in [0, 0.05) is 24.4 Å². The van der Waals surface area contributed by atoms with Crippen LogP contribution in [0.2, 0.25) is 0 Å². The zero-order valence-electron chi connectivity index (χ0n) is 13.7. The molecule has 1 N–H and O–H groups in total. The maximum absolute atomic E-state index is 5.92. The third-order valence-corrected chi connectivity index (χ3v) is 3.67. The SMILES string of the molecule is COc1cccc(Oc2ncccc2CN[C@@H](C)c2ccco2)c1. The van der Waals surface area contributed by atoms with E-state index in [4.69, 9.17) is 13.9 Å². The monoisotopic (exact) mass is 324 g/mol. The summed E-state index contributed by atoms with van der Waals surface area (Å²) in [6.07, 6.45) is 3.39. The number of nitrogens with one attached hydrogen (secondary N) is 1. The number of ether oxygens (including phenoxy) is 2. The van der Waals surface area contributed by atoms with Crippen molar-refractivity contribution in [3.63, 3.8) is 0 Å². The lowest BCUT2D eigenvalue weighted by atomic mass is 10.2. The molecule has 2 heterocycles. The first-order valence-electron chi connectivity index (χ1n) is 7.79. The van der Waals surface area contributed by atoms with E-state index in [9.17, 15) is 0 Å². The predicted octanol–water partition coefficient (Wildman–Crippen LogP) is 4.33. The molecule has 24 heavy (non-hydrogen) atoms. The van der Waals surface area contributed by atoms with Gasteiger partial charge in [-0.25, -0.2) is 4.98 Å². The second kappa shape index (κ2) is 7.66. The van der Waals surface area contributed by atoms with Gasteiger partial charge in [0.15, 0.2) is 0 Å². The lowest BCUT2D eigenvalue weighted by molar-refractivity contribution is 0.404. The summed E-state index contributed by atoms with van der Waals surface area (Å²) in [6.45, 7) is 2.67. The maximum Gasteiger partial charge on any atom is 0.223 e. The summed E-state index contributed by atoms with van der Waals surface area (Å²) < 4.78 is 16.6. The van der Waals surface area contributed by atoms with Crippen molar-refractivity contribution in [2.24, 2.45) is 0 Å². The Kier molecular flexibility index (Phi) is 5.13. The largest absolute Gasteiger partial charge is 0.497 e. The number of hydrogen-bond donors (Lipinski definition) is 1. The Hall–Kier alpha value is -2.79. The minimum atomic E-state index is 0.102. The third kappa shape index (κ3) is 3.94. The van der Waals surface area contributed by atoms with Gasteiger partial charge >= 0.3 is 0 Å². The number of rotatable bonds is 7. The molecule has 124 valence electrons. The standard InChI is InChI=1S/C19H20N2O3/c1-14(18-9-5-11-23-18)21-13-15-6-4-10-20-19(15)24-17-8-3-7-16(12-17)22-2/h3-12,14,21H,13H2,1-2H3/t14-/m0/s1. The molecule has 0 aliphatic carbocycles. The van der Waals surface area contributed by atoms with Crippen LogP contribution in [0.15, 0.2) is 65.4 Å². The van der Waals surface area contributed by atoms with Gasteiger partial charge < -0.3 is 19.2 Å². The van der Waals surface area contributed by atoms with Crippen molar-refractivity contribution < 1.29 is 13.9 Å². The van der Waals surface area contributed by atoms with Crippen LogP contribution in [-0.4, -0.2) is 12.1 Å². The highest BCUT2D eigenvalue weighted by Crippen LogP contribution is 2.26. The van der Waals surface area contributed by atoms with Crippen LogP contribution in [0.5, 0.6) is 17.4 Å². The Morgan fingerprint density at radius 3 is 2.79 bits per heavy atom. The maximum atomic E-state index is 5.92. The van der Waals surface area contributed by atoms with Crippen molar-refractivity contribution in [2.45, 2.75) is 19.5 Å². The number of pyridine rings is 1. The number of aromatic nitrogens is 1. The third-order valence-electron chi connectivity index (χ3n) is 3.67. The van der Waals surface area contributed by atoms with Crippen molar-refractivity contribution in [3.8, 4) is 17.4 Å². The first kappa shape index (κ1) is 16.1. The van der Waals surface area contributed by atoms with Gasteiger partial charge in [-0.1, -0.05) is 12.1 Å².